The first kappa shape index (κ1) is 19.7. The second-order valence-electron chi connectivity index (χ2n) is 8.54. The SMILES string of the molecule is CC(C)(C)OC(=O)N1CCN(c2noc(-c3cccc(C4CCOC4)c3)n2)CC1. The molecule has 0 bridgehead atoms. The zero-order valence-corrected chi connectivity index (χ0v) is 17.3. The summed E-state index contributed by atoms with van der Waals surface area (Å²) in [5.41, 5.74) is 1.67. The molecule has 2 aliphatic heterocycles. The lowest BCUT2D eigenvalue weighted by Crippen LogP contribution is -2.50. The molecule has 1 atom stereocenters. The Kier molecular flexibility index (Phi) is 5.45. The zero-order valence-electron chi connectivity index (χ0n) is 17.3. The van der Waals surface area contributed by atoms with Crippen LogP contribution in [0.2, 0.25) is 0 Å². The largest absolute Gasteiger partial charge is 0.444 e. The number of benzene rings is 1. The Balaban J connectivity index is 1.39. The van der Waals surface area contributed by atoms with E-state index in [-0.39, 0.29) is 6.09 Å². The highest BCUT2D eigenvalue weighted by atomic mass is 16.6. The van der Waals surface area contributed by atoms with Crippen LogP contribution in [0, 0.1) is 0 Å². The summed E-state index contributed by atoms with van der Waals surface area (Å²) in [5, 5.41) is 4.15. The van der Waals surface area contributed by atoms with E-state index in [1.807, 2.05) is 37.8 Å². The molecule has 1 unspecified atom stereocenters. The van der Waals surface area contributed by atoms with Gasteiger partial charge in [-0.3, -0.25) is 0 Å². The lowest BCUT2D eigenvalue weighted by molar-refractivity contribution is 0.0240. The van der Waals surface area contributed by atoms with Gasteiger partial charge in [0.15, 0.2) is 0 Å². The topological polar surface area (TPSA) is 80.9 Å². The Hall–Kier alpha value is -2.61. The average Bonchev–Trinajstić information content (AvgIpc) is 3.39. The minimum Gasteiger partial charge on any atom is -0.444 e. The molecule has 29 heavy (non-hydrogen) atoms. The van der Waals surface area contributed by atoms with E-state index in [0.717, 1.165) is 25.2 Å². The molecular formula is C21H28N4O4. The molecule has 3 heterocycles. The van der Waals surface area contributed by atoms with E-state index in [1.54, 1.807) is 4.90 Å². The molecule has 1 aromatic carbocycles. The van der Waals surface area contributed by atoms with Crippen molar-refractivity contribution in [3.63, 3.8) is 0 Å². The second-order valence-corrected chi connectivity index (χ2v) is 8.54. The number of piperazine rings is 1. The molecule has 2 fully saturated rings. The first-order valence-corrected chi connectivity index (χ1v) is 10.1. The number of anilines is 1. The van der Waals surface area contributed by atoms with Crippen molar-refractivity contribution in [2.45, 2.75) is 38.7 Å². The fourth-order valence-electron chi connectivity index (χ4n) is 3.60. The summed E-state index contributed by atoms with van der Waals surface area (Å²) in [6.45, 7) is 9.60. The zero-order chi connectivity index (χ0) is 20.4. The first-order chi connectivity index (χ1) is 13.9. The van der Waals surface area contributed by atoms with Gasteiger partial charge in [0, 0.05) is 44.3 Å². The van der Waals surface area contributed by atoms with Gasteiger partial charge in [0.05, 0.1) is 6.61 Å². The number of rotatable bonds is 3. The molecule has 156 valence electrons. The van der Waals surface area contributed by atoms with E-state index in [0.29, 0.717) is 43.9 Å². The third-order valence-electron chi connectivity index (χ3n) is 5.16. The van der Waals surface area contributed by atoms with Crippen molar-refractivity contribution in [3.05, 3.63) is 29.8 Å². The van der Waals surface area contributed by atoms with E-state index < -0.39 is 5.60 Å². The van der Waals surface area contributed by atoms with Crippen molar-refractivity contribution in [2.75, 3.05) is 44.3 Å². The monoisotopic (exact) mass is 400 g/mol. The van der Waals surface area contributed by atoms with E-state index >= 15 is 0 Å². The summed E-state index contributed by atoms with van der Waals surface area (Å²) in [6, 6.07) is 8.23. The van der Waals surface area contributed by atoms with Crippen LogP contribution in [0.25, 0.3) is 11.5 Å². The van der Waals surface area contributed by atoms with Gasteiger partial charge in [0.1, 0.15) is 5.60 Å². The van der Waals surface area contributed by atoms with E-state index in [4.69, 9.17) is 14.0 Å². The molecule has 1 aromatic heterocycles. The normalized spacial score (nSPS) is 20.2. The summed E-state index contributed by atoms with van der Waals surface area (Å²) in [4.78, 5) is 20.5. The number of carbonyl (C=O) groups excluding carboxylic acids is 1. The van der Waals surface area contributed by atoms with E-state index in [2.05, 4.69) is 22.3 Å². The molecule has 8 nitrogen and oxygen atoms in total. The number of hydrogen-bond donors (Lipinski definition) is 0. The third-order valence-corrected chi connectivity index (χ3v) is 5.16. The van der Waals surface area contributed by atoms with Crippen molar-refractivity contribution < 1.29 is 18.8 Å². The molecule has 4 rings (SSSR count). The molecule has 0 aliphatic carbocycles. The Morgan fingerprint density at radius 3 is 2.69 bits per heavy atom. The van der Waals surface area contributed by atoms with E-state index in [1.165, 1.54) is 5.56 Å². The smallest absolute Gasteiger partial charge is 0.410 e. The van der Waals surface area contributed by atoms with E-state index in [9.17, 15) is 4.79 Å². The summed E-state index contributed by atoms with van der Waals surface area (Å²) in [7, 11) is 0. The fourth-order valence-corrected chi connectivity index (χ4v) is 3.60. The quantitative estimate of drug-likeness (QED) is 0.782. The van der Waals surface area contributed by atoms with Crippen LogP contribution in [-0.4, -0.2) is 66.1 Å². The Bertz CT molecular complexity index is 846. The molecule has 0 spiro atoms. The van der Waals surface area contributed by atoms with Gasteiger partial charge in [-0.25, -0.2) is 4.79 Å². The van der Waals surface area contributed by atoms with Gasteiger partial charge in [0.25, 0.3) is 11.8 Å². The third kappa shape index (κ3) is 4.70. The van der Waals surface area contributed by atoms with Crippen molar-refractivity contribution in [3.8, 4) is 11.5 Å². The lowest BCUT2D eigenvalue weighted by atomic mass is 9.97. The molecular weight excluding hydrogens is 372 g/mol. The highest BCUT2D eigenvalue weighted by molar-refractivity contribution is 5.68. The summed E-state index contributed by atoms with van der Waals surface area (Å²) in [5.74, 6) is 1.49. The summed E-state index contributed by atoms with van der Waals surface area (Å²) < 4.78 is 16.5. The predicted octanol–water partition coefficient (Wildman–Crippen LogP) is 3.30. The van der Waals surface area contributed by atoms with Gasteiger partial charge in [-0.15, -0.1) is 0 Å². The van der Waals surface area contributed by atoms with Crippen molar-refractivity contribution in [1.82, 2.24) is 15.0 Å². The van der Waals surface area contributed by atoms with Crippen molar-refractivity contribution in [2.24, 2.45) is 0 Å². The molecule has 0 radical (unpaired) electrons. The van der Waals surface area contributed by atoms with Gasteiger partial charge < -0.3 is 23.8 Å². The number of carbonyl (C=O) groups is 1. The first-order valence-electron chi connectivity index (χ1n) is 10.1. The van der Waals surface area contributed by atoms with Crippen LogP contribution in [0.4, 0.5) is 10.7 Å². The van der Waals surface area contributed by atoms with Crippen LogP contribution in [-0.2, 0) is 9.47 Å². The maximum Gasteiger partial charge on any atom is 0.410 e. The Morgan fingerprint density at radius 1 is 1.21 bits per heavy atom. The molecule has 2 aromatic rings. The van der Waals surface area contributed by atoms with Crippen LogP contribution >= 0.6 is 0 Å². The van der Waals surface area contributed by atoms with Crippen LogP contribution in [0.5, 0.6) is 0 Å². The molecule has 8 heteroatoms. The van der Waals surface area contributed by atoms with Crippen LogP contribution in [0.15, 0.2) is 28.8 Å². The van der Waals surface area contributed by atoms with Crippen LogP contribution in [0.1, 0.15) is 38.7 Å². The van der Waals surface area contributed by atoms with Gasteiger partial charge in [-0.2, -0.15) is 4.98 Å². The second kappa shape index (κ2) is 8.02. The minimum atomic E-state index is -0.490. The van der Waals surface area contributed by atoms with Crippen molar-refractivity contribution >= 4 is 12.0 Å². The number of nitrogens with zero attached hydrogens (tertiary/aromatic N) is 4. The lowest BCUT2D eigenvalue weighted by Gasteiger charge is -2.34. The minimum absolute atomic E-state index is 0.279. The predicted molar refractivity (Wildman–Crippen MR) is 108 cm³/mol. The molecule has 2 aliphatic rings. The molecule has 2 saturated heterocycles. The van der Waals surface area contributed by atoms with Crippen molar-refractivity contribution in [1.29, 1.82) is 0 Å². The van der Waals surface area contributed by atoms with Gasteiger partial charge in [-0.1, -0.05) is 12.1 Å². The highest BCUT2D eigenvalue weighted by Gasteiger charge is 2.28. The summed E-state index contributed by atoms with van der Waals surface area (Å²) >= 11 is 0. The van der Waals surface area contributed by atoms with Gasteiger partial charge in [0.2, 0.25) is 0 Å². The highest BCUT2D eigenvalue weighted by Crippen LogP contribution is 2.29. The van der Waals surface area contributed by atoms with Gasteiger partial charge in [-0.05, 0) is 50.0 Å². The number of aromatic nitrogens is 2. The maximum atomic E-state index is 12.2. The Morgan fingerprint density at radius 2 is 2.00 bits per heavy atom. The number of amides is 1. The Labute approximate surface area is 170 Å². The average molecular weight is 400 g/mol. The maximum absolute atomic E-state index is 12.2. The molecule has 0 N–H and O–H groups in total. The van der Waals surface area contributed by atoms with Gasteiger partial charge >= 0.3 is 6.09 Å². The fraction of sp³-hybridized carbons (Fsp3) is 0.571. The van der Waals surface area contributed by atoms with Crippen LogP contribution < -0.4 is 4.90 Å². The molecule has 1 amide bonds. The van der Waals surface area contributed by atoms with Crippen LogP contribution in [0.3, 0.4) is 0 Å². The standard InChI is InChI=1S/C21H28N4O4/c1-21(2,3)28-20(26)25-10-8-24(9-11-25)19-22-18(29-23-19)16-6-4-5-15(13-16)17-7-12-27-14-17/h4-6,13,17H,7-12,14H2,1-3H3. The number of ether oxygens (including phenoxy) is 2. The molecule has 0 saturated carbocycles. The number of hydrogen-bond acceptors (Lipinski definition) is 7. The summed E-state index contributed by atoms with van der Waals surface area (Å²) in [6.07, 6.45) is 0.763.